The summed E-state index contributed by atoms with van der Waals surface area (Å²) in [5.41, 5.74) is 4.13. The molecule has 1 aliphatic rings. The molecule has 2 heterocycles. The van der Waals surface area contributed by atoms with Crippen LogP contribution in [0.2, 0.25) is 0 Å². The molecule has 3 heteroatoms. The van der Waals surface area contributed by atoms with Gasteiger partial charge in [-0.3, -0.25) is 4.98 Å². The molecule has 110 valence electrons. The number of likely N-dealkylation sites (N-methyl/N-ethyl adjacent to an activating group) is 1. The maximum absolute atomic E-state index is 4.07. The zero-order valence-corrected chi connectivity index (χ0v) is 12.6. The Balaban J connectivity index is 1.49. The summed E-state index contributed by atoms with van der Waals surface area (Å²) in [6, 6.07) is 12.9. The van der Waals surface area contributed by atoms with Crippen molar-refractivity contribution in [2.75, 3.05) is 32.0 Å². The lowest BCUT2D eigenvalue weighted by Gasteiger charge is -2.29. The Morgan fingerprint density at radius 1 is 1.19 bits per heavy atom. The summed E-state index contributed by atoms with van der Waals surface area (Å²) < 4.78 is 0. The van der Waals surface area contributed by atoms with Crippen molar-refractivity contribution in [3.05, 3.63) is 59.9 Å². The molecule has 3 nitrogen and oxygen atoms in total. The van der Waals surface area contributed by atoms with Gasteiger partial charge in [-0.05, 0) is 55.1 Å². The molecule has 2 aromatic rings. The third-order valence-electron chi connectivity index (χ3n) is 4.21. The fourth-order valence-corrected chi connectivity index (χ4v) is 3.04. The van der Waals surface area contributed by atoms with Crippen LogP contribution in [0.1, 0.15) is 11.1 Å². The van der Waals surface area contributed by atoms with E-state index in [0.717, 1.165) is 26.1 Å². The van der Waals surface area contributed by atoms with Crippen molar-refractivity contribution < 1.29 is 0 Å². The summed E-state index contributed by atoms with van der Waals surface area (Å²) in [6.07, 6.45) is 6.02. The van der Waals surface area contributed by atoms with E-state index in [1.165, 1.54) is 23.2 Å². The zero-order chi connectivity index (χ0) is 14.5. The lowest BCUT2D eigenvalue weighted by Crippen LogP contribution is -2.34. The molecule has 1 aromatic carbocycles. The van der Waals surface area contributed by atoms with Crippen LogP contribution >= 0.6 is 0 Å². The van der Waals surface area contributed by atoms with Gasteiger partial charge < -0.3 is 10.2 Å². The number of benzene rings is 1. The fourth-order valence-electron chi connectivity index (χ4n) is 3.04. The Kier molecular flexibility index (Phi) is 4.51. The molecule has 0 saturated heterocycles. The van der Waals surface area contributed by atoms with Crippen molar-refractivity contribution in [2.45, 2.75) is 12.8 Å². The Hall–Kier alpha value is -1.87. The molecular formula is C18H23N3. The van der Waals surface area contributed by atoms with Crippen LogP contribution in [0.25, 0.3) is 0 Å². The van der Waals surface area contributed by atoms with Gasteiger partial charge in [0.15, 0.2) is 0 Å². The first kappa shape index (κ1) is 14.1. The van der Waals surface area contributed by atoms with Crippen molar-refractivity contribution in [3.8, 4) is 0 Å². The average Bonchev–Trinajstić information content (AvgIpc) is 2.54. The van der Waals surface area contributed by atoms with E-state index >= 15 is 0 Å². The molecule has 1 aliphatic heterocycles. The number of hydrogen-bond donors (Lipinski definition) is 1. The summed E-state index contributed by atoms with van der Waals surface area (Å²) in [5, 5.41) is 3.56. The molecule has 0 spiro atoms. The van der Waals surface area contributed by atoms with Crippen molar-refractivity contribution in [1.29, 1.82) is 0 Å². The molecule has 1 aromatic heterocycles. The lowest BCUT2D eigenvalue weighted by atomic mass is 9.93. The summed E-state index contributed by atoms with van der Waals surface area (Å²) in [5.74, 6) is 0.697. The molecule has 0 amide bonds. The van der Waals surface area contributed by atoms with Crippen LogP contribution in [-0.2, 0) is 12.8 Å². The number of nitrogens with zero attached hydrogens (tertiary/aromatic N) is 2. The van der Waals surface area contributed by atoms with Gasteiger partial charge in [-0.25, -0.2) is 0 Å². The quantitative estimate of drug-likeness (QED) is 0.913. The van der Waals surface area contributed by atoms with E-state index in [4.69, 9.17) is 0 Å². The van der Waals surface area contributed by atoms with Crippen LogP contribution in [0, 0.1) is 5.92 Å². The SMILES string of the molecule is CN(CCc1ccncc1)CC1CNc2ccccc2C1. The number of aromatic nitrogens is 1. The van der Waals surface area contributed by atoms with Gasteiger partial charge in [0.05, 0.1) is 0 Å². The normalized spacial score (nSPS) is 17.3. The van der Waals surface area contributed by atoms with E-state index in [9.17, 15) is 0 Å². The molecular weight excluding hydrogens is 258 g/mol. The molecule has 21 heavy (non-hydrogen) atoms. The van der Waals surface area contributed by atoms with Crippen LogP contribution in [0.3, 0.4) is 0 Å². The molecule has 0 saturated carbocycles. The molecule has 0 fully saturated rings. The number of rotatable bonds is 5. The third kappa shape index (κ3) is 3.82. The second kappa shape index (κ2) is 6.72. The van der Waals surface area contributed by atoms with E-state index in [0.29, 0.717) is 5.92 Å². The maximum atomic E-state index is 4.07. The van der Waals surface area contributed by atoms with Crippen LogP contribution in [0.15, 0.2) is 48.8 Å². The van der Waals surface area contributed by atoms with Crippen molar-refractivity contribution >= 4 is 5.69 Å². The third-order valence-corrected chi connectivity index (χ3v) is 4.21. The highest BCUT2D eigenvalue weighted by molar-refractivity contribution is 5.53. The van der Waals surface area contributed by atoms with Gasteiger partial charge >= 0.3 is 0 Å². The number of pyridine rings is 1. The minimum Gasteiger partial charge on any atom is -0.384 e. The first-order chi connectivity index (χ1) is 10.3. The summed E-state index contributed by atoms with van der Waals surface area (Å²) >= 11 is 0. The molecule has 0 aliphatic carbocycles. The molecule has 0 bridgehead atoms. The molecule has 1 atom stereocenters. The van der Waals surface area contributed by atoms with Crippen LogP contribution in [0.4, 0.5) is 5.69 Å². The number of fused-ring (bicyclic) bond motifs is 1. The summed E-state index contributed by atoms with van der Waals surface area (Å²) in [7, 11) is 2.22. The van der Waals surface area contributed by atoms with Gasteiger partial charge in [0.2, 0.25) is 0 Å². The van der Waals surface area contributed by atoms with Crippen LogP contribution in [0.5, 0.6) is 0 Å². The van der Waals surface area contributed by atoms with E-state index in [-0.39, 0.29) is 0 Å². The van der Waals surface area contributed by atoms with Crippen LogP contribution < -0.4 is 5.32 Å². The summed E-state index contributed by atoms with van der Waals surface area (Å²) in [4.78, 5) is 6.51. The Morgan fingerprint density at radius 3 is 2.86 bits per heavy atom. The Bertz CT molecular complexity index is 568. The number of anilines is 1. The largest absolute Gasteiger partial charge is 0.384 e. The van der Waals surface area contributed by atoms with E-state index in [1.54, 1.807) is 0 Å². The molecule has 1 unspecified atom stereocenters. The number of nitrogens with one attached hydrogen (secondary N) is 1. The second-order valence-electron chi connectivity index (χ2n) is 5.98. The topological polar surface area (TPSA) is 28.2 Å². The number of hydrogen-bond acceptors (Lipinski definition) is 3. The van der Waals surface area contributed by atoms with E-state index in [1.807, 2.05) is 12.4 Å². The molecule has 0 radical (unpaired) electrons. The van der Waals surface area contributed by atoms with E-state index in [2.05, 4.69) is 58.6 Å². The van der Waals surface area contributed by atoms with Gasteiger partial charge in [-0.1, -0.05) is 18.2 Å². The molecule has 1 N–H and O–H groups in total. The highest BCUT2D eigenvalue weighted by Crippen LogP contribution is 2.24. The van der Waals surface area contributed by atoms with Crippen molar-refractivity contribution in [1.82, 2.24) is 9.88 Å². The lowest BCUT2D eigenvalue weighted by molar-refractivity contribution is 0.281. The van der Waals surface area contributed by atoms with Crippen molar-refractivity contribution in [3.63, 3.8) is 0 Å². The fraction of sp³-hybridized carbons (Fsp3) is 0.389. The first-order valence-electron chi connectivity index (χ1n) is 7.70. The summed E-state index contributed by atoms with van der Waals surface area (Å²) in [6.45, 7) is 3.32. The van der Waals surface area contributed by atoms with Gasteiger partial charge in [-0.15, -0.1) is 0 Å². The first-order valence-corrected chi connectivity index (χ1v) is 7.70. The number of para-hydroxylation sites is 1. The van der Waals surface area contributed by atoms with Gasteiger partial charge in [0, 0.05) is 37.7 Å². The predicted octanol–water partition coefficient (Wildman–Crippen LogP) is 2.84. The molecule has 3 rings (SSSR count). The Labute approximate surface area is 127 Å². The minimum atomic E-state index is 0.697. The highest BCUT2D eigenvalue weighted by Gasteiger charge is 2.18. The smallest absolute Gasteiger partial charge is 0.0372 e. The van der Waals surface area contributed by atoms with Gasteiger partial charge in [-0.2, -0.15) is 0 Å². The highest BCUT2D eigenvalue weighted by atomic mass is 15.1. The second-order valence-corrected chi connectivity index (χ2v) is 5.98. The standard InChI is InChI=1S/C18H23N3/c1-21(11-8-15-6-9-19-10-7-15)14-16-12-17-4-2-3-5-18(17)20-13-16/h2-7,9-10,16,20H,8,11-14H2,1H3. The maximum Gasteiger partial charge on any atom is 0.0372 e. The minimum absolute atomic E-state index is 0.697. The predicted molar refractivity (Wildman–Crippen MR) is 87.6 cm³/mol. The monoisotopic (exact) mass is 281 g/mol. The zero-order valence-electron chi connectivity index (χ0n) is 12.6. The van der Waals surface area contributed by atoms with Crippen molar-refractivity contribution in [2.24, 2.45) is 5.92 Å². The van der Waals surface area contributed by atoms with Crippen LogP contribution in [-0.4, -0.2) is 36.6 Å². The van der Waals surface area contributed by atoms with Gasteiger partial charge in [0.1, 0.15) is 0 Å². The van der Waals surface area contributed by atoms with Gasteiger partial charge in [0.25, 0.3) is 0 Å². The van der Waals surface area contributed by atoms with E-state index < -0.39 is 0 Å². The average molecular weight is 281 g/mol. The Morgan fingerprint density at radius 2 is 2.00 bits per heavy atom.